The van der Waals surface area contributed by atoms with E-state index in [1.807, 2.05) is 31.3 Å². The lowest BCUT2D eigenvalue weighted by atomic mass is 9.95. The molecule has 2 amide bonds. The molecular formula is C31H43N3O4. The van der Waals surface area contributed by atoms with Crippen molar-refractivity contribution in [3.63, 3.8) is 0 Å². The van der Waals surface area contributed by atoms with Crippen LogP contribution in [0, 0.1) is 0 Å². The Labute approximate surface area is 227 Å². The minimum atomic E-state index is -0.371. The number of amides is 2. The zero-order valence-corrected chi connectivity index (χ0v) is 22.8. The Morgan fingerprint density at radius 2 is 1.53 bits per heavy atom. The molecular weight excluding hydrogens is 478 g/mol. The predicted octanol–water partition coefficient (Wildman–Crippen LogP) is 5.79. The number of hydrogen-bond donors (Lipinski definition) is 2. The number of rotatable bonds is 14. The number of likely N-dealkylation sites (N-methyl/N-ethyl adjacent to an activating group) is 1. The first-order valence-electron chi connectivity index (χ1n) is 14.4. The topological polar surface area (TPSA) is 79.9 Å². The second-order valence-corrected chi connectivity index (χ2v) is 10.4. The number of ether oxygens (including phenoxy) is 1. The lowest BCUT2D eigenvalue weighted by molar-refractivity contribution is -0.203. The maximum atomic E-state index is 12.9. The molecule has 0 atom stereocenters. The van der Waals surface area contributed by atoms with Crippen LogP contribution in [0.25, 0.3) is 11.1 Å². The SMILES string of the molecule is CNCCON(C(=O)CCCCCCNC(=O)OCC1c2ccccc2-c2ccccc21)C1CCCCC1. The number of carbonyl (C=O) groups excluding carboxylic acids is 2. The van der Waals surface area contributed by atoms with Crippen molar-refractivity contribution < 1.29 is 19.2 Å². The quantitative estimate of drug-likeness (QED) is 0.243. The first kappa shape index (κ1) is 28.1. The summed E-state index contributed by atoms with van der Waals surface area (Å²) < 4.78 is 5.60. The van der Waals surface area contributed by atoms with E-state index < -0.39 is 0 Å². The van der Waals surface area contributed by atoms with E-state index in [9.17, 15) is 9.59 Å². The van der Waals surface area contributed by atoms with Crippen LogP contribution in [-0.2, 0) is 14.4 Å². The van der Waals surface area contributed by atoms with Gasteiger partial charge in [-0.25, -0.2) is 9.86 Å². The zero-order valence-electron chi connectivity index (χ0n) is 22.8. The summed E-state index contributed by atoms with van der Waals surface area (Å²) in [6.07, 6.45) is 9.40. The van der Waals surface area contributed by atoms with Crippen LogP contribution in [0.1, 0.15) is 81.3 Å². The van der Waals surface area contributed by atoms with Gasteiger partial charge >= 0.3 is 6.09 Å². The lowest BCUT2D eigenvalue weighted by Gasteiger charge is -2.33. The molecule has 2 aliphatic rings. The van der Waals surface area contributed by atoms with Crippen LogP contribution in [0.5, 0.6) is 0 Å². The molecule has 206 valence electrons. The second-order valence-electron chi connectivity index (χ2n) is 10.4. The molecule has 1 saturated carbocycles. The Hall–Kier alpha value is -2.90. The van der Waals surface area contributed by atoms with E-state index in [2.05, 4.69) is 34.9 Å². The monoisotopic (exact) mass is 521 g/mol. The maximum Gasteiger partial charge on any atom is 0.407 e. The van der Waals surface area contributed by atoms with Gasteiger partial charge in [-0.05, 0) is 55.0 Å². The highest BCUT2D eigenvalue weighted by atomic mass is 16.7. The average molecular weight is 522 g/mol. The van der Waals surface area contributed by atoms with E-state index in [-0.39, 0.29) is 24.0 Å². The summed E-state index contributed by atoms with van der Waals surface area (Å²) in [5.41, 5.74) is 4.88. The van der Waals surface area contributed by atoms with Crippen LogP contribution in [0.3, 0.4) is 0 Å². The van der Waals surface area contributed by atoms with Crippen LogP contribution < -0.4 is 10.6 Å². The summed E-state index contributed by atoms with van der Waals surface area (Å²) in [5.74, 6) is 0.172. The number of alkyl carbamates (subject to hydrolysis) is 1. The molecule has 2 N–H and O–H groups in total. The van der Waals surface area contributed by atoms with E-state index in [0.717, 1.165) is 45.1 Å². The number of carbonyl (C=O) groups is 2. The molecule has 0 radical (unpaired) electrons. The van der Waals surface area contributed by atoms with E-state index >= 15 is 0 Å². The van der Waals surface area contributed by atoms with Gasteiger partial charge in [0.15, 0.2) is 0 Å². The van der Waals surface area contributed by atoms with Crippen molar-refractivity contribution in [1.82, 2.24) is 15.7 Å². The number of unbranched alkanes of at least 4 members (excludes halogenated alkanes) is 3. The van der Waals surface area contributed by atoms with Crippen molar-refractivity contribution >= 4 is 12.0 Å². The molecule has 0 bridgehead atoms. The summed E-state index contributed by atoms with van der Waals surface area (Å²) in [6.45, 7) is 2.15. The third-order valence-electron chi connectivity index (χ3n) is 7.67. The molecule has 0 aliphatic heterocycles. The van der Waals surface area contributed by atoms with Crippen molar-refractivity contribution in [3.8, 4) is 11.1 Å². The molecule has 2 aromatic carbocycles. The minimum absolute atomic E-state index is 0.0704. The van der Waals surface area contributed by atoms with Crippen LogP contribution >= 0.6 is 0 Å². The molecule has 0 heterocycles. The fraction of sp³-hybridized carbons (Fsp3) is 0.548. The van der Waals surface area contributed by atoms with E-state index in [1.165, 1.54) is 41.5 Å². The molecule has 0 saturated heterocycles. The highest BCUT2D eigenvalue weighted by molar-refractivity contribution is 5.79. The molecule has 0 unspecified atom stereocenters. The average Bonchev–Trinajstić information content (AvgIpc) is 3.27. The molecule has 4 rings (SSSR count). The van der Waals surface area contributed by atoms with Gasteiger partial charge in [-0.1, -0.05) is 80.6 Å². The van der Waals surface area contributed by atoms with Crippen molar-refractivity contribution in [1.29, 1.82) is 0 Å². The van der Waals surface area contributed by atoms with Crippen molar-refractivity contribution in [2.75, 3.05) is 33.4 Å². The number of nitrogens with zero attached hydrogens (tertiary/aromatic N) is 1. The summed E-state index contributed by atoms with van der Waals surface area (Å²) in [5, 5.41) is 7.63. The van der Waals surface area contributed by atoms with Gasteiger partial charge in [-0.15, -0.1) is 0 Å². The highest BCUT2D eigenvalue weighted by Crippen LogP contribution is 2.44. The van der Waals surface area contributed by atoms with Gasteiger partial charge in [0.1, 0.15) is 6.61 Å². The second kappa shape index (κ2) is 14.9. The molecule has 1 fully saturated rings. The number of nitrogens with one attached hydrogen (secondary N) is 2. The van der Waals surface area contributed by atoms with Gasteiger partial charge in [0.2, 0.25) is 5.91 Å². The van der Waals surface area contributed by atoms with Gasteiger partial charge in [0.05, 0.1) is 12.6 Å². The summed E-state index contributed by atoms with van der Waals surface area (Å²) in [7, 11) is 1.89. The number of fused-ring (bicyclic) bond motifs is 3. The van der Waals surface area contributed by atoms with E-state index in [1.54, 1.807) is 5.06 Å². The van der Waals surface area contributed by atoms with Gasteiger partial charge in [-0.3, -0.25) is 9.63 Å². The van der Waals surface area contributed by atoms with Crippen LogP contribution in [0.15, 0.2) is 48.5 Å². The van der Waals surface area contributed by atoms with Crippen LogP contribution in [0.4, 0.5) is 4.79 Å². The number of hydrogen-bond acceptors (Lipinski definition) is 5. The Balaban J connectivity index is 1.11. The Morgan fingerprint density at radius 1 is 0.868 bits per heavy atom. The Bertz CT molecular complexity index is 992. The standard InChI is InChI=1S/C31H43N3O4/c1-32-21-22-38-34(24-13-5-4-6-14-24)30(35)19-7-2-3-12-20-33-31(36)37-23-29-27-17-10-8-15-25(27)26-16-9-11-18-28(26)29/h8-11,15-18,24,29,32H,2-7,12-14,19-23H2,1H3,(H,33,36). The molecule has 2 aromatic rings. The van der Waals surface area contributed by atoms with Gasteiger partial charge in [-0.2, -0.15) is 0 Å². The summed E-state index contributed by atoms with van der Waals surface area (Å²) >= 11 is 0. The van der Waals surface area contributed by atoms with Crippen molar-refractivity contribution in [2.45, 2.75) is 76.2 Å². The maximum absolute atomic E-state index is 12.9. The summed E-state index contributed by atoms with van der Waals surface area (Å²) in [4.78, 5) is 31.1. The molecule has 7 heteroatoms. The van der Waals surface area contributed by atoms with Gasteiger partial charge in [0.25, 0.3) is 0 Å². The smallest absolute Gasteiger partial charge is 0.407 e. The lowest BCUT2D eigenvalue weighted by Crippen LogP contribution is -2.42. The zero-order chi connectivity index (χ0) is 26.6. The van der Waals surface area contributed by atoms with Crippen LogP contribution in [-0.4, -0.2) is 56.5 Å². The normalized spacial score (nSPS) is 15.1. The summed E-state index contributed by atoms with van der Waals surface area (Å²) in [6, 6.07) is 16.9. The third kappa shape index (κ3) is 7.58. The predicted molar refractivity (Wildman–Crippen MR) is 150 cm³/mol. The van der Waals surface area contributed by atoms with Crippen LogP contribution in [0.2, 0.25) is 0 Å². The van der Waals surface area contributed by atoms with E-state index in [0.29, 0.717) is 26.2 Å². The molecule has 0 aromatic heterocycles. The van der Waals surface area contributed by atoms with Gasteiger partial charge in [0, 0.05) is 25.4 Å². The first-order valence-corrected chi connectivity index (χ1v) is 14.4. The Morgan fingerprint density at radius 3 is 2.21 bits per heavy atom. The van der Waals surface area contributed by atoms with Crippen molar-refractivity contribution in [3.05, 3.63) is 59.7 Å². The van der Waals surface area contributed by atoms with E-state index in [4.69, 9.17) is 9.57 Å². The fourth-order valence-electron chi connectivity index (χ4n) is 5.65. The highest BCUT2D eigenvalue weighted by Gasteiger charge is 2.29. The number of hydroxylamine groups is 2. The molecule has 7 nitrogen and oxygen atoms in total. The molecule has 0 spiro atoms. The minimum Gasteiger partial charge on any atom is -0.449 e. The largest absolute Gasteiger partial charge is 0.449 e. The fourth-order valence-corrected chi connectivity index (χ4v) is 5.65. The number of benzene rings is 2. The van der Waals surface area contributed by atoms with Crippen molar-refractivity contribution in [2.24, 2.45) is 0 Å². The third-order valence-corrected chi connectivity index (χ3v) is 7.67. The Kier molecular flexibility index (Phi) is 11.0. The van der Waals surface area contributed by atoms with Gasteiger partial charge < -0.3 is 15.4 Å². The molecule has 38 heavy (non-hydrogen) atoms. The first-order chi connectivity index (χ1) is 18.7. The molecule has 2 aliphatic carbocycles.